The topological polar surface area (TPSA) is 76.6 Å². The first-order valence-electron chi connectivity index (χ1n) is 9.60. The van der Waals surface area contributed by atoms with Gasteiger partial charge in [0.15, 0.2) is 0 Å². The first-order chi connectivity index (χ1) is 14.0. The number of carbonyl (C=O) groups excluding carboxylic acids is 1. The number of aryl methyl sites for hydroxylation is 1. The van der Waals surface area contributed by atoms with Gasteiger partial charge in [-0.1, -0.05) is 35.5 Å². The summed E-state index contributed by atoms with van der Waals surface area (Å²) >= 11 is 0. The van der Waals surface area contributed by atoms with Crippen LogP contribution in [0.25, 0.3) is 11.3 Å². The van der Waals surface area contributed by atoms with Crippen LogP contribution in [-0.2, 0) is 11.8 Å². The van der Waals surface area contributed by atoms with Crippen LogP contribution in [0.15, 0.2) is 53.5 Å². The summed E-state index contributed by atoms with van der Waals surface area (Å²) in [6.45, 7) is 1.66. The van der Waals surface area contributed by atoms with Crippen molar-refractivity contribution in [2.45, 2.75) is 12.1 Å². The fraction of sp³-hybridized carbons (Fsp3) is 0.381. The van der Waals surface area contributed by atoms with Crippen LogP contribution in [0, 0.1) is 0 Å². The predicted molar refractivity (Wildman–Crippen MR) is 107 cm³/mol. The average Bonchev–Trinajstić information content (AvgIpc) is 3.36. The van der Waals surface area contributed by atoms with Crippen LogP contribution < -0.4 is 0 Å². The lowest BCUT2D eigenvalue weighted by Gasteiger charge is -2.41. The van der Waals surface area contributed by atoms with Crippen molar-refractivity contribution >= 4 is 5.91 Å². The van der Waals surface area contributed by atoms with E-state index in [9.17, 15) is 4.79 Å². The number of morpholine rings is 1. The first-order valence-corrected chi connectivity index (χ1v) is 9.60. The molecule has 0 aliphatic carbocycles. The van der Waals surface area contributed by atoms with Crippen LogP contribution in [0.4, 0.5) is 0 Å². The summed E-state index contributed by atoms with van der Waals surface area (Å²) < 4.78 is 13.0. The molecule has 1 aromatic carbocycles. The van der Waals surface area contributed by atoms with Crippen LogP contribution in [0.5, 0.6) is 0 Å². The number of nitrogens with zero attached hydrogens (tertiary/aromatic N) is 5. The standard InChI is InChI=1S/C21H25N5O3/c1-24(2)13-18-20(16-11-22-25(3)12-16)26(9-10-28-18)21(27)17-14-29-23-19(17)15-7-5-4-6-8-15/h4-8,11-12,14,18,20H,9-10,13H2,1-3H3/t18-,20-/m0/s1. The Balaban J connectivity index is 1.70. The Kier molecular flexibility index (Phi) is 5.46. The third-order valence-electron chi connectivity index (χ3n) is 5.07. The lowest BCUT2D eigenvalue weighted by atomic mass is 9.98. The van der Waals surface area contributed by atoms with Crippen LogP contribution in [0.2, 0.25) is 0 Å². The van der Waals surface area contributed by atoms with Crippen LogP contribution in [0.3, 0.4) is 0 Å². The molecule has 2 atom stereocenters. The quantitative estimate of drug-likeness (QED) is 0.659. The van der Waals surface area contributed by atoms with E-state index < -0.39 is 0 Å². The van der Waals surface area contributed by atoms with Crippen molar-refractivity contribution in [1.82, 2.24) is 24.7 Å². The molecule has 1 fully saturated rings. The lowest BCUT2D eigenvalue weighted by molar-refractivity contribution is -0.0684. The maximum absolute atomic E-state index is 13.6. The normalized spacial score (nSPS) is 19.7. The molecular weight excluding hydrogens is 370 g/mol. The third kappa shape index (κ3) is 3.94. The second-order valence-corrected chi connectivity index (χ2v) is 7.51. The van der Waals surface area contributed by atoms with Crippen molar-refractivity contribution < 1.29 is 14.1 Å². The molecule has 8 nitrogen and oxygen atoms in total. The fourth-order valence-corrected chi connectivity index (χ4v) is 3.81. The number of rotatable bonds is 5. The van der Waals surface area contributed by atoms with E-state index in [-0.39, 0.29) is 18.1 Å². The van der Waals surface area contributed by atoms with E-state index in [4.69, 9.17) is 9.26 Å². The van der Waals surface area contributed by atoms with E-state index in [2.05, 4.69) is 15.2 Å². The minimum Gasteiger partial charge on any atom is -0.373 e. The van der Waals surface area contributed by atoms with Crippen molar-refractivity contribution in [1.29, 1.82) is 0 Å². The van der Waals surface area contributed by atoms with Crippen molar-refractivity contribution in [2.24, 2.45) is 7.05 Å². The van der Waals surface area contributed by atoms with Gasteiger partial charge < -0.3 is 19.1 Å². The van der Waals surface area contributed by atoms with Gasteiger partial charge in [-0.05, 0) is 14.1 Å². The van der Waals surface area contributed by atoms with Crippen molar-refractivity contribution in [2.75, 3.05) is 33.8 Å². The average molecular weight is 395 g/mol. The molecule has 8 heteroatoms. The Morgan fingerprint density at radius 1 is 1.28 bits per heavy atom. The van der Waals surface area contributed by atoms with Gasteiger partial charge >= 0.3 is 0 Å². The monoisotopic (exact) mass is 395 g/mol. The van der Waals surface area contributed by atoms with Crippen molar-refractivity contribution in [3.63, 3.8) is 0 Å². The zero-order valence-electron chi connectivity index (χ0n) is 16.9. The first kappa shape index (κ1) is 19.4. The smallest absolute Gasteiger partial charge is 0.260 e. The largest absolute Gasteiger partial charge is 0.373 e. The molecule has 1 saturated heterocycles. The highest BCUT2D eigenvalue weighted by atomic mass is 16.5. The minimum atomic E-state index is -0.245. The number of aromatic nitrogens is 3. The summed E-state index contributed by atoms with van der Waals surface area (Å²) in [5.41, 5.74) is 2.80. The molecule has 0 unspecified atom stereocenters. The van der Waals surface area contributed by atoms with Gasteiger partial charge in [-0.25, -0.2) is 0 Å². The summed E-state index contributed by atoms with van der Waals surface area (Å²) in [6.07, 6.45) is 5.01. The third-order valence-corrected chi connectivity index (χ3v) is 5.07. The van der Waals surface area contributed by atoms with Crippen LogP contribution in [-0.4, -0.2) is 70.5 Å². The summed E-state index contributed by atoms with van der Waals surface area (Å²) in [5.74, 6) is -0.119. The van der Waals surface area contributed by atoms with Gasteiger partial charge in [0.1, 0.15) is 17.5 Å². The maximum Gasteiger partial charge on any atom is 0.260 e. The number of likely N-dealkylation sites (N-methyl/N-ethyl adjacent to an activating group) is 1. The van der Waals surface area contributed by atoms with Gasteiger partial charge in [-0.3, -0.25) is 9.48 Å². The molecule has 152 valence electrons. The molecule has 1 aliphatic rings. The van der Waals surface area contributed by atoms with Gasteiger partial charge in [0.05, 0.1) is 24.9 Å². The zero-order chi connectivity index (χ0) is 20.4. The molecule has 0 radical (unpaired) electrons. The van der Waals surface area contributed by atoms with Gasteiger partial charge in [0, 0.05) is 37.5 Å². The SMILES string of the molecule is CN(C)C[C@@H]1OCCN(C(=O)c2conc2-c2ccccc2)[C@H]1c1cnn(C)c1. The molecule has 0 saturated carbocycles. The minimum absolute atomic E-state index is 0.119. The molecular formula is C21H25N5O3. The Bertz CT molecular complexity index is 966. The maximum atomic E-state index is 13.6. The molecule has 0 N–H and O–H groups in total. The predicted octanol–water partition coefficient (Wildman–Crippen LogP) is 2.22. The molecule has 0 bridgehead atoms. The number of amides is 1. The van der Waals surface area contributed by atoms with E-state index in [0.717, 1.165) is 11.1 Å². The van der Waals surface area contributed by atoms with Crippen molar-refractivity contribution in [3.8, 4) is 11.3 Å². The molecule has 3 aromatic rings. The van der Waals surface area contributed by atoms with Gasteiger partial charge in [0.2, 0.25) is 0 Å². The molecule has 0 spiro atoms. The van der Waals surface area contributed by atoms with Gasteiger partial charge in [-0.15, -0.1) is 0 Å². The molecule has 4 rings (SSSR count). The van der Waals surface area contributed by atoms with E-state index in [1.807, 2.05) is 62.6 Å². The highest BCUT2D eigenvalue weighted by Crippen LogP contribution is 2.33. The molecule has 1 amide bonds. The molecule has 3 heterocycles. The number of carbonyl (C=O) groups is 1. The highest BCUT2D eigenvalue weighted by Gasteiger charge is 2.39. The van der Waals surface area contributed by atoms with Crippen LogP contribution in [0.1, 0.15) is 22.0 Å². The Morgan fingerprint density at radius 2 is 2.07 bits per heavy atom. The van der Waals surface area contributed by atoms with E-state index >= 15 is 0 Å². The second-order valence-electron chi connectivity index (χ2n) is 7.51. The number of hydrogen-bond donors (Lipinski definition) is 0. The Labute approximate surface area is 169 Å². The second kappa shape index (κ2) is 8.18. The van der Waals surface area contributed by atoms with E-state index in [1.165, 1.54) is 6.26 Å². The molecule has 1 aliphatic heterocycles. The Hall–Kier alpha value is -2.97. The highest BCUT2D eigenvalue weighted by molar-refractivity contribution is 5.99. The van der Waals surface area contributed by atoms with Crippen molar-refractivity contribution in [3.05, 3.63) is 60.1 Å². The van der Waals surface area contributed by atoms with Gasteiger partial charge in [-0.2, -0.15) is 5.10 Å². The zero-order valence-corrected chi connectivity index (χ0v) is 16.9. The summed E-state index contributed by atoms with van der Waals surface area (Å²) in [6, 6.07) is 9.35. The molecule has 29 heavy (non-hydrogen) atoms. The van der Waals surface area contributed by atoms with Crippen LogP contribution >= 0.6 is 0 Å². The van der Waals surface area contributed by atoms with E-state index in [0.29, 0.717) is 31.0 Å². The summed E-state index contributed by atoms with van der Waals surface area (Å²) in [7, 11) is 5.86. The summed E-state index contributed by atoms with van der Waals surface area (Å²) in [5, 5.41) is 8.40. The number of ether oxygens (including phenoxy) is 1. The number of benzene rings is 1. The lowest BCUT2D eigenvalue weighted by Crippen LogP contribution is -2.51. The summed E-state index contributed by atoms with van der Waals surface area (Å²) in [4.78, 5) is 17.5. The van der Waals surface area contributed by atoms with E-state index in [1.54, 1.807) is 10.9 Å². The number of hydrogen-bond acceptors (Lipinski definition) is 6. The molecule has 2 aromatic heterocycles. The van der Waals surface area contributed by atoms with Gasteiger partial charge in [0.25, 0.3) is 5.91 Å². The Morgan fingerprint density at radius 3 is 2.76 bits per heavy atom. The fourth-order valence-electron chi connectivity index (χ4n) is 3.81.